The molecule has 0 radical (unpaired) electrons. The zero-order valence-corrected chi connectivity index (χ0v) is 11.8. The summed E-state index contributed by atoms with van der Waals surface area (Å²) in [6.07, 6.45) is 2.03. The molecule has 0 bridgehead atoms. The molecule has 0 spiro atoms. The number of benzene rings is 1. The number of para-hydroxylation sites is 1. The van der Waals surface area contributed by atoms with E-state index in [1.165, 1.54) is 6.33 Å². The molecule has 6 nitrogen and oxygen atoms in total. The zero-order valence-electron chi connectivity index (χ0n) is 11.8. The van der Waals surface area contributed by atoms with Gasteiger partial charge >= 0.3 is 0 Å². The molecular weight excluding hydrogens is 256 g/mol. The molecule has 1 aromatic heterocycles. The van der Waals surface area contributed by atoms with Gasteiger partial charge in [-0.1, -0.05) is 18.2 Å². The van der Waals surface area contributed by atoms with E-state index in [4.69, 9.17) is 4.74 Å². The number of amides is 1. The molecule has 0 saturated heterocycles. The van der Waals surface area contributed by atoms with E-state index in [1.54, 1.807) is 19.1 Å². The summed E-state index contributed by atoms with van der Waals surface area (Å²) in [5.74, 6) is 0.907. The number of nitrogens with zero attached hydrogens (tertiary/aromatic N) is 3. The number of hydrogen-bond donors (Lipinski definition) is 1. The number of nitrogens with one attached hydrogen (secondary N) is 1. The topological polar surface area (TPSA) is 71.1 Å². The molecule has 1 atom stereocenters. The van der Waals surface area contributed by atoms with Crippen LogP contribution in [0.3, 0.4) is 0 Å². The predicted molar refractivity (Wildman–Crippen MR) is 74.6 cm³/mol. The predicted octanol–water partition coefficient (Wildman–Crippen LogP) is 1.52. The van der Waals surface area contributed by atoms with Gasteiger partial charge in [-0.15, -0.1) is 0 Å². The lowest BCUT2D eigenvalue weighted by Crippen LogP contribution is -2.37. The summed E-state index contributed by atoms with van der Waals surface area (Å²) in [7, 11) is 3.40. The van der Waals surface area contributed by atoms with Gasteiger partial charge in [-0.25, -0.2) is 4.98 Å². The van der Waals surface area contributed by atoms with E-state index in [-0.39, 0.29) is 17.8 Å². The minimum Gasteiger partial charge on any atom is -0.496 e. The molecule has 1 amide bonds. The number of carbonyl (C=O) groups is 1. The van der Waals surface area contributed by atoms with Gasteiger partial charge in [0.05, 0.1) is 7.11 Å². The van der Waals surface area contributed by atoms with E-state index in [2.05, 4.69) is 15.2 Å². The van der Waals surface area contributed by atoms with Crippen molar-refractivity contribution in [3.05, 3.63) is 42.0 Å². The average Bonchev–Trinajstić information content (AvgIpc) is 3.00. The van der Waals surface area contributed by atoms with Crippen LogP contribution in [0.4, 0.5) is 0 Å². The van der Waals surface area contributed by atoms with Gasteiger partial charge in [0.2, 0.25) is 5.82 Å². The van der Waals surface area contributed by atoms with Gasteiger partial charge in [0.15, 0.2) is 0 Å². The standard InChI is InChI=1S/C14H18N4O2/c1-10(8-11-6-4-5-7-12(11)20-3)18(2)14(19)13-15-9-16-17-13/h4-7,9-10H,8H2,1-3H3,(H,15,16,17). The number of carbonyl (C=O) groups excluding carboxylic acids is 1. The molecule has 2 aromatic rings. The molecule has 0 aliphatic rings. The Hall–Kier alpha value is -2.37. The summed E-state index contributed by atoms with van der Waals surface area (Å²) in [5, 5.41) is 6.27. The Morgan fingerprint density at radius 2 is 2.20 bits per heavy atom. The molecule has 20 heavy (non-hydrogen) atoms. The quantitative estimate of drug-likeness (QED) is 0.897. The van der Waals surface area contributed by atoms with Crippen LogP contribution < -0.4 is 4.74 Å². The van der Waals surface area contributed by atoms with Crippen molar-refractivity contribution < 1.29 is 9.53 Å². The SMILES string of the molecule is COc1ccccc1CC(C)N(C)C(=O)c1ncn[nH]1. The monoisotopic (exact) mass is 274 g/mol. The second kappa shape index (κ2) is 6.18. The number of methoxy groups -OCH3 is 1. The minimum atomic E-state index is -0.176. The minimum absolute atomic E-state index is 0.0175. The van der Waals surface area contributed by atoms with Gasteiger partial charge in [-0.05, 0) is 25.0 Å². The lowest BCUT2D eigenvalue weighted by Gasteiger charge is -2.24. The van der Waals surface area contributed by atoms with Crippen LogP contribution in [0.2, 0.25) is 0 Å². The Labute approximate surface area is 117 Å². The van der Waals surface area contributed by atoms with Crippen LogP contribution in [0.25, 0.3) is 0 Å². The Morgan fingerprint density at radius 3 is 2.85 bits per heavy atom. The smallest absolute Gasteiger partial charge is 0.291 e. The summed E-state index contributed by atoms with van der Waals surface area (Å²) in [5.41, 5.74) is 1.07. The highest BCUT2D eigenvalue weighted by molar-refractivity contribution is 5.90. The molecule has 0 fully saturated rings. The molecule has 6 heteroatoms. The first-order valence-electron chi connectivity index (χ1n) is 6.38. The molecule has 1 heterocycles. The second-order valence-corrected chi connectivity index (χ2v) is 4.62. The van der Waals surface area contributed by atoms with Crippen LogP contribution in [-0.2, 0) is 6.42 Å². The van der Waals surface area contributed by atoms with Crippen molar-refractivity contribution >= 4 is 5.91 Å². The van der Waals surface area contributed by atoms with Gasteiger partial charge in [-0.2, -0.15) is 5.10 Å². The zero-order chi connectivity index (χ0) is 14.5. The number of aromatic amines is 1. The van der Waals surface area contributed by atoms with Crippen LogP contribution in [0.1, 0.15) is 23.1 Å². The average molecular weight is 274 g/mol. The van der Waals surface area contributed by atoms with Crippen LogP contribution in [-0.4, -0.2) is 46.2 Å². The van der Waals surface area contributed by atoms with Gasteiger partial charge < -0.3 is 9.64 Å². The van der Waals surface area contributed by atoms with E-state index in [0.29, 0.717) is 6.42 Å². The summed E-state index contributed by atoms with van der Waals surface area (Å²) in [6.45, 7) is 1.99. The highest BCUT2D eigenvalue weighted by atomic mass is 16.5. The molecule has 0 aliphatic carbocycles. The first-order chi connectivity index (χ1) is 9.63. The Morgan fingerprint density at radius 1 is 1.45 bits per heavy atom. The van der Waals surface area contributed by atoms with Gasteiger partial charge in [0.1, 0.15) is 12.1 Å². The summed E-state index contributed by atoms with van der Waals surface area (Å²) in [4.78, 5) is 17.7. The van der Waals surface area contributed by atoms with Gasteiger partial charge in [0, 0.05) is 13.1 Å². The molecule has 2 rings (SSSR count). The lowest BCUT2D eigenvalue weighted by atomic mass is 10.1. The molecule has 0 aliphatic heterocycles. The van der Waals surface area contributed by atoms with Crippen molar-refractivity contribution in [2.45, 2.75) is 19.4 Å². The third-order valence-corrected chi connectivity index (χ3v) is 3.31. The van der Waals surface area contributed by atoms with Crippen LogP contribution >= 0.6 is 0 Å². The molecule has 1 aromatic carbocycles. The van der Waals surface area contributed by atoms with Crippen molar-refractivity contribution in [1.82, 2.24) is 20.1 Å². The van der Waals surface area contributed by atoms with Crippen LogP contribution in [0, 0.1) is 0 Å². The van der Waals surface area contributed by atoms with E-state index >= 15 is 0 Å². The number of H-pyrrole nitrogens is 1. The largest absolute Gasteiger partial charge is 0.496 e. The summed E-state index contributed by atoms with van der Waals surface area (Å²) in [6, 6.07) is 7.82. The van der Waals surface area contributed by atoms with Crippen molar-refractivity contribution in [1.29, 1.82) is 0 Å². The van der Waals surface area contributed by atoms with Crippen molar-refractivity contribution in [2.75, 3.05) is 14.2 Å². The van der Waals surface area contributed by atoms with Crippen LogP contribution in [0.5, 0.6) is 5.75 Å². The molecule has 1 unspecified atom stereocenters. The van der Waals surface area contributed by atoms with Crippen molar-refractivity contribution in [3.63, 3.8) is 0 Å². The lowest BCUT2D eigenvalue weighted by molar-refractivity contribution is 0.0731. The molecule has 0 saturated carbocycles. The third-order valence-electron chi connectivity index (χ3n) is 3.31. The second-order valence-electron chi connectivity index (χ2n) is 4.62. The maximum absolute atomic E-state index is 12.2. The fraction of sp³-hybridized carbons (Fsp3) is 0.357. The third kappa shape index (κ3) is 2.96. The summed E-state index contributed by atoms with van der Waals surface area (Å²) >= 11 is 0. The fourth-order valence-corrected chi connectivity index (χ4v) is 2.00. The van der Waals surface area contributed by atoms with E-state index in [9.17, 15) is 4.79 Å². The molecule has 106 valence electrons. The van der Waals surface area contributed by atoms with Crippen molar-refractivity contribution in [2.24, 2.45) is 0 Å². The Bertz CT molecular complexity index is 568. The highest BCUT2D eigenvalue weighted by Crippen LogP contribution is 2.20. The molecular formula is C14H18N4O2. The number of hydrogen-bond acceptors (Lipinski definition) is 4. The Balaban J connectivity index is 2.08. The number of rotatable bonds is 5. The molecule has 1 N–H and O–H groups in total. The van der Waals surface area contributed by atoms with E-state index in [0.717, 1.165) is 11.3 Å². The summed E-state index contributed by atoms with van der Waals surface area (Å²) < 4.78 is 5.33. The van der Waals surface area contributed by atoms with Gasteiger partial charge in [0.25, 0.3) is 5.91 Å². The van der Waals surface area contributed by atoms with E-state index < -0.39 is 0 Å². The highest BCUT2D eigenvalue weighted by Gasteiger charge is 2.20. The first-order valence-corrected chi connectivity index (χ1v) is 6.38. The first kappa shape index (κ1) is 14.0. The number of likely N-dealkylation sites (N-methyl/N-ethyl adjacent to an activating group) is 1. The van der Waals surface area contributed by atoms with E-state index in [1.807, 2.05) is 31.2 Å². The van der Waals surface area contributed by atoms with Crippen molar-refractivity contribution in [3.8, 4) is 5.75 Å². The fourth-order valence-electron chi connectivity index (χ4n) is 2.00. The van der Waals surface area contributed by atoms with Crippen LogP contribution in [0.15, 0.2) is 30.6 Å². The van der Waals surface area contributed by atoms with Gasteiger partial charge in [-0.3, -0.25) is 9.89 Å². The maximum Gasteiger partial charge on any atom is 0.291 e. The maximum atomic E-state index is 12.2. The number of ether oxygens (including phenoxy) is 1. The number of aromatic nitrogens is 3. The Kier molecular flexibility index (Phi) is 4.34. The normalized spacial score (nSPS) is 11.9.